The van der Waals surface area contributed by atoms with E-state index in [9.17, 15) is 0 Å². The van der Waals surface area contributed by atoms with Crippen LogP contribution < -0.4 is 11.1 Å². The number of nitrogens with one attached hydrogen (secondary N) is 1. The minimum atomic E-state index is 0.854. The molecule has 0 aromatic carbocycles. The van der Waals surface area contributed by atoms with Gasteiger partial charge in [-0.25, -0.2) is 0 Å². The van der Waals surface area contributed by atoms with Gasteiger partial charge in [0.2, 0.25) is 0 Å². The van der Waals surface area contributed by atoms with E-state index in [1.165, 1.54) is 25.9 Å². The second kappa shape index (κ2) is 3.05. The van der Waals surface area contributed by atoms with Crippen LogP contribution in [0.25, 0.3) is 0 Å². The minimum absolute atomic E-state index is 0.854. The SMILES string of the molecule is NCCC1CCNC1. The molecule has 0 saturated carbocycles. The zero-order chi connectivity index (χ0) is 5.82. The van der Waals surface area contributed by atoms with Gasteiger partial charge in [0.1, 0.15) is 0 Å². The maximum Gasteiger partial charge on any atom is -0.00196 e. The summed E-state index contributed by atoms with van der Waals surface area (Å²) in [5.74, 6) is 0.875. The van der Waals surface area contributed by atoms with Crippen molar-refractivity contribution >= 4 is 0 Å². The molecule has 1 unspecified atom stereocenters. The van der Waals surface area contributed by atoms with Crippen molar-refractivity contribution < 1.29 is 0 Å². The van der Waals surface area contributed by atoms with Crippen molar-refractivity contribution in [1.82, 2.24) is 5.32 Å². The molecule has 0 aliphatic carbocycles. The first kappa shape index (κ1) is 6.05. The van der Waals surface area contributed by atoms with Crippen molar-refractivity contribution in [3.05, 3.63) is 0 Å². The summed E-state index contributed by atoms with van der Waals surface area (Å²) in [6.07, 6.45) is 2.53. The van der Waals surface area contributed by atoms with Crippen LogP contribution in [-0.2, 0) is 0 Å². The first-order valence-corrected chi connectivity index (χ1v) is 3.34. The standard InChI is InChI=1S/C6H14N2/c7-3-1-6-2-4-8-5-6/h6,8H,1-5,7H2. The molecule has 8 heavy (non-hydrogen) atoms. The Morgan fingerprint density at radius 1 is 1.62 bits per heavy atom. The lowest BCUT2D eigenvalue weighted by Crippen LogP contribution is -2.12. The second-order valence-corrected chi connectivity index (χ2v) is 2.44. The van der Waals surface area contributed by atoms with Gasteiger partial charge in [0, 0.05) is 0 Å². The third kappa shape index (κ3) is 1.46. The van der Waals surface area contributed by atoms with Crippen molar-refractivity contribution in [3.8, 4) is 0 Å². The molecule has 1 aliphatic rings. The Kier molecular flexibility index (Phi) is 2.30. The van der Waals surface area contributed by atoms with Crippen LogP contribution in [0, 0.1) is 5.92 Å². The van der Waals surface area contributed by atoms with Crippen molar-refractivity contribution in [2.45, 2.75) is 12.8 Å². The Balaban J connectivity index is 2.06. The largest absolute Gasteiger partial charge is 0.330 e. The van der Waals surface area contributed by atoms with Crippen LogP contribution >= 0.6 is 0 Å². The molecular formula is C6H14N2. The molecule has 1 aliphatic heterocycles. The van der Waals surface area contributed by atoms with Gasteiger partial charge in [0.25, 0.3) is 0 Å². The molecule has 2 nitrogen and oxygen atoms in total. The minimum Gasteiger partial charge on any atom is -0.330 e. The lowest BCUT2D eigenvalue weighted by Gasteiger charge is -2.02. The summed E-state index contributed by atoms with van der Waals surface area (Å²) in [6.45, 7) is 3.24. The summed E-state index contributed by atoms with van der Waals surface area (Å²) in [6, 6.07) is 0. The average molecular weight is 114 g/mol. The molecule has 0 radical (unpaired) electrons. The van der Waals surface area contributed by atoms with Crippen molar-refractivity contribution in [3.63, 3.8) is 0 Å². The Labute approximate surface area is 50.4 Å². The van der Waals surface area contributed by atoms with Crippen LogP contribution in [-0.4, -0.2) is 19.6 Å². The summed E-state index contributed by atoms with van der Waals surface area (Å²) < 4.78 is 0. The molecule has 48 valence electrons. The summed E-state index contributed by atoms with van der Waals surface area (Å²) in [5, 5.41) is 3.30. The summed E-state index contributed by atoms with van der Waals surface area (Å²) in [5.41, 5.74) is 5.38. The van der Waals surface area contributed by atoms with Gasteiger partial charge in [0.15, 0.2) is 0 Å². The highest BCUT2D eigenvalue weighted by Crippen LogP contribution is 2.09. The summed E-state index contributed by atoms with van der Waals surface area (Å²) in [7, 11) is 0. The second-order valence-electron chi connectivity index (χ2n) is 2.44. The van der Waals surface area contributed by atoms with Crippen LogP contribution in [0.15, 0.2) is 0 Å². The van der Waals surface area contributed by atoms with E-state index in [0.717, 1.165) is 12.5 Å². The van der Waals surface area contributed by atoms with E-state index >= 15 is 0 Å². The molecule has 0 bridgehead atoms. The number of rotatable bonds is 2. The molecule has 1 heterocycles. The Morgan fingerprint density at radius 3 is 3.00 bits per heavy atom. The molecular weight excluding hydrogens is 100 g/mol. The maximum absolute atomic E-state index is 5.38. The normalized spacial score (nSPS) is 28.9. The van der Waals surface area contributed by atoms with Crippen LogP contribution in [0.1, 0.15) is 12.8 Å². The molecule has 3 N–H and O–H groups in total. The highest BCUT2D eigenvalue weighted by atomic mass is 14.9. The lowest BCUT2D eigenvalue weighted by atomic mass is 10.1. The molecule has 2 heteroatoms. The molecule has 1 fully saturated rings. The predicted octanol–water partition coefficient (Wildman–Crippen LogP) is -0.0553. The van der Waals surface area contributed by atoms with Gasteiger partial charge in [0.05, 0.1) is 0 Å². The quantitative estimate of drug-likeness (QED) is 0.528. The first-order valence-electron chi connectivity index (χ1n) is 3.34. The molecule has 1 atom stereocenters. The van der Waals surface area contributed by atoms with E-state index in [1.807, 2.05) is 0 Å². The molecule has 0 spiro atoms. The fourth-order valence-electron chi connectivity index (χ4n) is 1.20. The van der Waals surface area contributed by atoms with Crippen molar-refractivity contribution in [2.75, 3.05) is 19.6 Å². The smallest absolute Gasteiger partial charge is 0.00196 e. The fraction of sp³-hybridized carbons (Fsp3) is 1.00. The fourth-order valence-corrected chi connectivity index (χ4v) is 1.20. The highest BCUT2D eigenvalue weighted by Gasteiger charge is 2.11. The van der Waals surface area contributed by atoms with Crippen LogP contribution in [0.2, 0.25) is 0 Å². The summed E-state index contributed by atoms with van der Waals surface area (Å²) in [4.78, 5) is 0. The average Bonchev–Trinajstić information content (AvgIpc) is 2.19. The lowest BCUT2D eigenvalue weighted by molar-refractivity contribution is 0.541. The van der Waals surface area contributed by atoms with Crippen LogP contribution in [0.3, 0.4) is 0 Å². The van der Waals surface area contributed by atoms with Crippen LogP contribution in [0.4, 0.5) is 0 Å². The van der Waals surface area contributed by atoms with E-state index in [1.54, 1.807) is 0 Å². The van der Waals surface area contributed by atoms with Gasteiger partial charge < -0.3 is 11.1 Å². The van der Waals surface area contributed by atoms with Gasteiger partial charge >= 0.3 is 0 Å². The summed E-state index contributed by atoms with van der Waals surface area (Å²) >= 11 is 0. The predicted molar refractivity (Wildman–Crippen MR) is 34.6 cm³/mol. The van der Waals surface area contributed by atoms with E-state index in [0.29, 0.717) is 0 Å². The van der Waals surface area contributed by atoms with Crippen LogP contribution in [0.5, 0.6) is 0 Å². The van der Waals surface area contributed by atoms with Gasteiger partial charge in [-0.3, -0.25) is 0 Å². The Morgan fingerprint density at radius 2 is 2.50 bits per heavy atom. The first-order chi connectivity index (χ1) is 3.93. The third-order valence-corrected chi connectivity index (χ3v) is 1.74. The van der Waals surface area contributed by atoms with E-state index in [4.69, 9.17) is 5.73 Å². The van der Waals surface area contributed by atoms with Gasteiger partial charge in [-0.05, 0) is 38.4 Å². The van der Waals surface area contributed by atoms with Gasteiger partial charge in [-0.1, -0.05) is 0 Å². The molecule has 0 aromatic heterocycles. The van der Waals surface area contributed by atoms with E-state index < -0.39 is 0 Å². The number of hydrogen-bond donors (Lipinski definition) is 2. The Bertz CT molecular complexity index is 57.5. The zero-order valence-electron chi connectivity index (χ0n) is 5.19. The molecule has 1 rings (SSSR count). The molecule has 0 aromatic rings. The topological polar surface area (TPSA) is 38.0 Å². The van der Waals surface area contributed by atoms with Crippen molar-refractivity contribution in [1.29, 1.82) is 0 Å². The monoisotopic (exact) mass is 114 g/mol. The third-order valence-electron chi connectivity index (χ3n) is 1.74. The van der Waals surface area contributed by atoms with E-state index in [-0.39, 0.29) is 0 Å². The number of nitrogens with two attached hydrogens (primary N) is 1. The maximum atomic E-state index is 5.38. The van der Waals surface area contributed by atoms with Gasteiger partial charge in [-0.2, -0.15) is 0 Å². The Hall–Kier alpha value is -0.0800. The van der Waals surface area contributed by atoms with E-state index in [2.05, 4.69) is 5.32 Å². The van der Waals surface area contributed by atoms with Crippen molar-refractivity contribution in [2.24, 2.45) is 11.7 Å². The van der Waals surface area contributed by atoms with Gasteiger partial charge in [-0.15, -0.1) is 0 Å². The molecule has 0 amide bonds. The molecule has 1 saturated heterocycles. The zero-order valence-corrected chi connectivity index (χ0v) is 5.19. The highest BCUT2D eigenvalue weighted by molar-refractivity contribution is 4.70. The number of hydrogen-bond acceptors (Lipinski definition) is 2.